The highest BCUT2D eigenvalue weighted by Crippen LogP contribution is 2.26. The smallest absolute Gasteiger partial charge is 0.269 e. The number of imidazole rings is 1. The number of benzene rings is 2. The summed E-state index contributed by atoms with van der Waals surface area (Å²) in [7, 11) is 0. The molecule has 0 saturated carbocycles. The maximum Gasteiger partial charge on any atom is 0.269 e. The van der Waals surface area contributed by atoms with Crippen molar-refractivity contribution >= 4 is 5.69 Å². The van der Waals surface area contributed by atoms with Crippen molar-refractivity contribution in [2.75, 3.05) is 0 Å². The third kappa shape index (κ3) is 2.81. The molecule has 104 valence electrons. The molecule has 0 amide bonds. The SMILES string of the molecule is O=[N+]([O-])c1ccc(-c2ccccc2Cn2ccnc2)cc1. The zero-order valence-corrected chi connectivity index (χ0v) is 11.2. The van der Waals surface area contributed by atoms with Crippen LogP contribution in [0.25, 0.3) is 11.1 Å². The Labute approximate surface area is 121 Å². The number of hydrogen-bond donors (Lipinski definition) is 0. The largest absolute Gasteiger partial charge is 0.333 e. The summed E-state index contributed by atoms with van der Waals surface area (Å²) in [5, 5.41) is 10.7. The van der Waals surface area contributed by atoms with Crippen molar-refractivity contribution in [2.45, 2.75) is 6.54 Å². The van der Waals surface area contributed by atoms with Gasteiger partial charge in [-0.3, -0.25) is 10.1 Å². The maximum atomic E-state index is 10.7. The highest BCUT2D eigenvalue weighted by atomic mass is 16.6. The molecule has 5 heteroatoms. The van der Waals surface area contributed by atoms with Gasteiger partial charge < -0.3 is 4.57 Å². The summed E-state index contributed by atoms with van der Waals surface area (Å²) in [6.45, 7) is 0.715. The number of rotatable bonds is 4. The molecule has 1 aromatic heterocycles. The first-order valence-electron chi connectivity index (χ1n) is 6.52. The van der Waals surface area contributed by atoms with Crippen LogP contribution in [0.4, 0.5) is 5.69 Å². The normalized spacial score (nSPS) is 10.5. The third-order valence-electron chi connectivity index (χ3n) is 3.32. The summed E-state index contributed by atoms with van der Waals surface area (Å²) in [6, 6.07) is 14.7. The summed E-state index contributed by atoms with van der Waals surface area (Å²) in [5.41, 5.74) is 3.28. The average Bonchev–Trinajstić information content (AvgIpc) is 3.01. The lowest BCUT2D eigenvalue weighted by Crippen LogP contribution is -1.98. The summed E-state index contributed by atoms with van der Waals surface area (Å²) < 4.78 is 1.99. The van der Waals surface area contributed by atoms with Crippen LogP contribution in [0, 0.1) is 10.1 Å². The molecule has 0 aliphatic carbocycles. The van der Waals surface area contributed by atoms with E-state index in [-0.39, 0.29) is 10.6 Å². The van der Waals surface area contributed by atoms with Crippen LogP contribution in [0.3, 0.4) is 0 Å². The third-order valence-corrected chi connectivity index (χ3v) is 3.32. The number of nitro benzene ring substituents is 1. The van der Waals surface area contributed by atoms with Gasteiger partial charge in [-0.2, -0.15) is 0 Å². The van der Waals surface area contributed by atoms with Crippen LogP contribution < -0.4 is 0 Å². The Morgan fingerprint density at radius 1 is 1.10 bits per heavy atom. The first kappa shape index (κ1) is 13.1. The molecule has 1 heterocycles. The first-order valence-corrected chi connectivity index (χ1v) is 6.52. The van der Waals surface area contributed by atoms with E-state index in [1.165, 1.54) is 12.1 Å². The van der Waals surface area contributed by atoms with E-state index >= 15 is 0 Å². The van der Waals surface area contributed by atoms with Gasteiger partial charge in [-0.1, -0.05) is 24.3 Å². The number of hydrogen-bond acceptors (Lipinski definition) is 3. The molecule has 0 bridgehead atoms. The van der Waals surface area contributed by atoms with E-state index in [1.807, 2.05) is 29.0 Å². The minimum Gasteiger partial charge on any atom is -0.333 e. The van der Waals surface area contributed by atoms with E-state index < -0.39 is 0 Å². The summed E-state index contributed by atoms with van der Waals surface area (Å²) in [4.78, 5) is 14.4. The Kier molecular flexibility index (Phi) is 3.47. The monoisotopic (exact) mass is 279 g/mol. The molecule has 21 heavy (non-hydrogen) atoms. The molecule has 0 atom stereocenters. The summed E-state index contributed by atoms with van der Waals surface area (Å²) in [5.74, 6) is 0. The summed E-state index contributed by atoms with van der Waals surface area (Å²) in [6.07, 6.45) is 5.42. The van der Waals surface area contributed by atoms with E-state index in [4.69, 9.17) is 0 Å². The van der Waals surface area contributed by atoms with E-state index in [2.05, 4.69) is 11.1 Å². The molecule has 0 aliphatic rings. The Hall–Kier alpha value is -2.95. The fourth-order valence-electron chi connectivity index (χ4n) is 2.28. The average molecular weight is 279 g/mol. The van der Waals surface area contributed by atoms with E-state index in [1.54, 1.807) is 24.7 Å². The van der Waals surface area contributed by atoms with Crippen LogP contribution in [0.5, 0.6) is 0 Å². The van der Waals surface area contributed by atoms with Gasteiger partial charge in [-0.05, 0) is 28.8 Å². The maximum absolute atomic E-state index is 10.7. The van der Waals surface area contributed by atoms with Crippen molar-refractivity contribution in [3.63, 3.8) is 0 Å². The van der Waals surface area contributed by atoms with Crippen LogP contribution in [0.1, 0.15) is 5.56 Å². The molecule has 0 N–H and O–H groups in total. The van der Waals surface area contributed by atoms with Gasteiger partial charge in [0.05, 0.1) is 11.3 Å². The first-order chi connectivity index (χ1) is 10.2. The Morgan fingerprint density at radius 3 is 2.52 bits per heavy atom. The van der Waals surface area contributed by atoms with Gasteiger partial charge in [0.15, 0.2) is 0 Å². The fourth-order valence-corrected chi connectivity index (χ4v) is 2.28. The number of nitro groups is 1. The molecule has 2 aromatic carbocycles. The van der Waals surface area contributed by atoms with Crippen LogP contribution >= 0.6 is 0 Å². The second-order valence-electron chi connectivity index (χ2n) is 4.70. The second kappa shape index (κ2) is 5.58. The van der Waals surface area contributed by atoms with Crippen LogP contribution in [-0.4, -0.2) is 14.5 Å². The number of aromatic nitrogens is 2. The van der Waals surface area contributed by atoms with Gasteiger partial charge >= 0.3 is 0 Å². The highest BCUT2D eigenvalue weighted by Gasteiger charge is 2.08. The van der Waals surface area contributed by atoms with Crippen LogP contribution in [0.2, 0.25) is 0 Å². The van der Waals surface area contributed by atoms with Crippen molar-refractivity contribution in [3.05, 3.63) is 82.9 Å². The topological polar surface area (TPSA) is 61.0 Å². The molecule has 0 radical (unpaired) electrons. The Morgan fingerprint density at radius 2 is 1.86 bits per heavy atom. The van der Waals surface area contributed by atoms with Crippen LogP contribution in [0.15, 0.2) is 67.3 Å². The lowest BCUT2D eigenvalue weighted by atomic mass is 9.99. The molecule has 0 saturated heterocycles. The zero-order valence-electron chi connectivity index (χ0n) is 11.2. The quantitative estimate of drug-likeness (QED) is 0.542. The van der Waals surface area contributed by atoms with Gasteiger partial charge in [-0.15, -0.1) is 0 Å². The van der Waals surface area contributed by atoms with Crippen molar-refractivity contribution in [1.82, 2.24) is 9.55 Å². The zero-order chi connectivity index (χ0) is 14.7. The molecule has 0 spiro atoms. The number of non-ortho nitro benzene ring substituents is 1. The predicted molar refractivity (Wildman–Crippen MR) is 79.9 cm³/mol. The van der Waals surface area contributed by atoms with Gasteiger partial charge in [0.2, 0.25) is 0 Å². The molecule has 0 fully saturated rings. The predicted octanol–water partition coefficient (Wildman–Crippen LogP) is 3.51. The molecule has 3 rings (SSSR count). The molecule has 5 nitrogen and oxygen atoms in total. The van der Waals surface area contributed by atoms with Gasteiger partial charge in [0.1, 0.15) is 0 Å². The van der Waals surface area contributed by atoms with Crippen LogP contribution in [-0.2, 0) is 6.54 Å². The number of nitrogens with zero attached hydrogens (tertiary/aromatic N) is 3. The van der Waals surface area contributed by atoms with E-state index in [0.717, 1.165) is 16.7 Å². The van der Waals surface area contributed by atoms with E-state index in [0.29, 0.717) is 6.54 Å². The minimum absolute atomic E-state index is 0.103. The molecule has 0 unspecified atom stereocenters. The van der Waals surface area contributed by atoms with E-state index in [9.17, 15) is 10.1 Å². The van der Waals surface area contributed by atoms with Crippen molar-refractivity contribution in [1.29, 1.82) is 0 Å². The van der Waals surface area contributed by atoms with Crippen molar-refractivity contribution < 1.29 is 4.92 Å². The van der Waals surface area contributed by atoms with Gasteiger partial charge in [0, 0.05) is 31.1 Å². The lowest BCUT2D eigenvalue weighted by Gasteiger charge is -2.10. The molecular formula is C16H13N3O2. The molecular weight excluding hydrogens is 266 g/mol. The highest BCUT2D eigenvalue weighted by molar-refractivity contribution is 5.68. The summed E-state index contributed by atoms with van der Waals surface area (Å²) >= 11 is 0. The molecule has 3 aromatic rings. The second-order valence-corrected chi connectivity index (χ2v) is 4.70. The Bertz CT molecular complexity index is 749. The van der Waals surface area contributed by atoms with Gasteiger partial charge in [0.25, 0.3) is 5.69 Å². The fraction of sp³-hybridized carbons (Fsp3) is 0.0625. The van der Waals surface area contributed by atoms with Crippen molar-refractivity contribution in [2.24, 2.45) is 0 Å². The minimum atomic E-state index is -0.388. The lowest BCUT2D eigenvalue weighted by molar-refractivity contribution is -0.384. The van der Waals surface area contributed by atoms with Gasteiger partial charge in [-0.25, -0.2) is 4.98 Å². The molecule has 0 aliphatic heterocycles. The Balaban J connectivity index is 1.96. The standard InChI is InChI=1S/C16H13N3O2/c20-19(21)15-7-5-13(6-8-15)16-4-2-1-3-14(16)11-18-10-9-17-12-18/h1-10,12H,11H2. The van der Waals surface area contributed by atoms with Crippen molar-refractivity contribution in [3.8, 4) is 11.1 Å².